The van der Waals surface area contributed by atoms with Gasteiger partial charge in [-0.2, -0.15) is 0 Å². The van der Waals surface area contributed by atoms with Gasteiger partial charge >= 0.3 is 0 Å². The first-order chi connectivity index (χ1) is 37.9. The third-order valence-electron chi connectivity index (χ3n) is 14.3. The summed E-state index contributed by atoms with van der Waals surface area (Å²) >= 11 is 0. The van der Waals surface area contributed by atoms with Crippen LogP contribution in [0.2, 0.25) is 0 Å². The van der Waals surface area contributed by atoms with Gasteiger partial charge in [-0.15, -0.1) is 0 Å². The van der Waals surface area contributed by atoms with Crippen LogP contribution in [0, 0.1) is 0 Å². The fraction of sp³-hybridized carbons (Fsp3) is 0.379. The molecule has 0 radical (unpaired) electrons. The van der Waals surface area contributed by atoms with Gasteiger partial charge in [-0.3, -0.25) is 28.8 Å². The summed E-state index contributed by atoms with van der Waals surface area (Å²) in [6.07, 6.45) is 1.83. The number of nitrogens with two attached hydrogens (primary N) is 1. The van der Waals surface area contributed by atoms with Crippen LogP contribution in [0.4, 0.5) is 28.4 Å². The van der Waals surface area contributed by atoms with Crippen molar-refractivity contribution in [2.45, 2.75) is 115 Å². The van der Waals surface area contributed by atoms with Gasteiger partial charge in [0.25, 0.3) is 11.8 Å². The standard InChI is InChI=1S/C58H66N8O11S2/c1-32(61-52(68)17-18-58(3,4)79-78-19-11-16-51(59)67)53(69)62-33(2)54(70)63-38-21-34(30-76-49-27-42-40(25-47(49)74-5)56(72)65-39(29-60-42)23-36-12-7-9-14-44(36)65)20-35(22-38)31-77-50-28-43-41(26-48(50)75-6)57(73)66-45-15-10-8-13-37(45)24-46(66)55(71)64-43/h7-10,12-15,20-22,25-28,32-33,39,46,55,60,64,71H,11,16-19,23-24,29-31H2,1-6H3,(H2,59,67)(H,61,68)(H,62,69)(H,63,70)/t32-,33+,39-,46-,55?/m0/s1. The molecule has 0 aliphatic carbocycles. The first-order valence-electron chi connectivity index (χ1n) is 26.2. The van der Waals surface area contributed by atoms with E-state index in [-0.39, 0.29) is 65.6 Å². The fourth-order valence-corrected chi connectivity index (χ4v) is 12.8. The molecule has 0 fully saturated rings. The van der Waals surface area contributed by atoms with Gasteiger partial charge in [0, 0.05) is 59.1 Å². The minimum atomic E-state index is -1.09. The van der Waals surface area contributed by atoms with Crippen molar-refractivity contribution in [3.05, 3.63) is 124 Å². The Morgan fingerprint density at radius 2 is 1.33 bits per heavy atom. The highest BCUT2D eigenvalue weighted by molar-refractivity contribution is 8.77. The lowest BCUT2D eigenvalue weighted by atomic mass is 10.1. The summed E-state index contributed by atoms with van der Waals surface area (Å²) in [5.41, 5.74) is 12.2. The number of nitrogens with one attached hydrogen (secondary N) is 5. The second-order valence-electron chi connectivity index (χ2n) is 20.7. The molecule has 8 N–H and O–H groups in total. The van der Waals surface area contributed by atoms with Crippen LogP contribution in [0.5, 0.6) is 23.0 Å². The number of fused-ring (bicyclic) bond motifs is 8. The van der Waals surface area contributed by atoms with Crippen LogP contribution >= 0.6 is 21.6 Å². The summed E-state index contributed by atoms with van der Waals surface area (Å²) in [7, 11) is 6.23. The van der Waals surface area contributed by atoms with Crippen LogP contribution in [0.25, 0.3) is 0 Å². The Hall–Kier alpha value is -7.62. The Bertz CT molecular complexity index is 3180. The summed E-state index contributed by atoms with van der Waals surface area (Å²) in [5, 5.41) is 26.4. The average Bonchev–Trinajstić information content (AvgIpc) is 4.21. The number of hydrogen-bond acceptors (Lipinski definition) is 15. The topological polar surface area (TPSA) is 252 Å². The van der Waals surface area contributed by atoms with E-state index < -0.39 is 36.2 Å². The number of hydrogen-bond donors (Lipinski definition) is 7. The molecule has 79 heavy (non-hydrogen) atoms. The molecule has 5 aromatic rings. The molecule has 21 heteroatoms. The van der Waals surface area contributed by atoms with E-state index in [1.807, 2.05) is 73.3 Å². The van der Waals surface area contributed by atoms with Crippen molar-refractivity contribution in [1.82, 2.24) is 10.6 Å². The maximum Gasteiger partial charge on any atom is 0.260 e. The highest BCUT2D eigenvalue weighted by Gasteiger charge is 2.43. The van der Waals surface area contributed by atoms with Gasteiger partial charge in [-0.05, 0) is 118 Å². The zero-order valence-electron chi connectivity index (χ0n) is 44.9. The number of aliphatic hydroxyl groups excluding tert-OH is 1. The highest BCUT2D eigenvalue weighted by Crippen LogP contribution is 2.44. The molecular weight excluding hydrogens is 1050 g/mol. The van der Waals surface area contributed by atoms with E-state index in [1.54, 1.807) is 69.8 Å². The van der Waals surface area contributed by atoms with E-state index in [0.717, 1.165) is 34.7 Å². The maximum absolute atomic E-state index is 14.2. The quantitative estimate of drug-likeness (QED) is 0.0265. The van der Waals surface area contributed by atoms with Crippen LogP contribution in [0.3, 0.4) is 0 Å². The van der Waals surface area contributed by atoms with Crippen LogP contribution in [-0.2, 0) is 45.2 Å². The summed E-state index contributed by atoms with van der Waals surface area (Å²) < 4.78 is 24.2. The Kier molecular flexibility index (Phi) is 17.2. The molecule has 0 bridgehead atoms. The molecule has 416 valence electrons. The Balaban J connectivity index is 0.906. The number of rotatable bonds is 22. The number of amides is 6. The SMILES string of the molecule is COc1cc2c(cc1OCc1cc(COc3cc4c(cc3OC)C(=O)N3c5ccccc5C[C@H]3C(O)N4)cc(NC(=O)[C@@H](C)NC(=O)[C@H](C)NC(=O)CCC(C)(C)SSCCCC(N)=O)c1)NC[C@@H]1Cc3ccccc3N1C2=O. The van der Waals surface area contributed by atoms with E-state index >= 15 is 0 Å². The van der Waals surface area contributed by atoms with Crippen molar-refractivity contribution >= 4 is 85.5 Å². The lowest BCUT2D eigenvalue weighted by Gasteiger charge is -2.26. The van der Waals surface area contributed by atoms with Crippen LogP contribution < -0.4 is 61.1 Å². The molecule has 0 saturated carbocycles. The zero-order valence-corrected chi connectivity index (χ0v) is 46.6. The number of methoxy groups -OCH3 is 2. The van der Waals surface area contributed by atoms with Crippen LogP contribution in [0.15, 0.2) is 91.0 Å². The molecule has 19 nitrogen and oxygen atoms in total. The highest BCUT2D eigenvalue weighted by atomic mass is 33.1. The molecule has 4 heterocycles. The molecule has 4 aliphatic rings. The molecule has 5 atom stereocenters. The second kappa shape index (κ2) is 24.2. The maximum atomic E-state index is 14.2. The average molecular weight is 1120 g/mol. The van der Waals surface area contributed by atoms with Crippen molar-refractivity contribution in [3.63, 3.8) is 0 Å². The minimum Gasteiger partial charge on any atom is -0.493 e. The number of carbonyl (C=O) groups is 6. The first-order valence-corrected chi connectivity index (χ1v) is 28.6. The third kappa shape index (κ3) is 12.8. The Morgan fingerprint density at radius 1 is 0.747 bits per heavy atom. The van der Waals surface area contributed by atoms with Gasteiger partial charge in [0.15, 0.2) is 23.0 Å². The molecular formula is C58H66N8O11S2. The van der Waals surface area contributed by atoms with E-state index in [9.17, 15) is 33.9 Å². The fourth-order valence-electron chi connectivity index (χ4n) is 10.2. The number of benzene rings is 5. The molecule has 0 spiro atoms. The van der Waals surface area contributed by atoms with Gasteiger partial charge in [-0.25, -0.2) is 0 Å². The van der Waals surface area contributed by atoms with E-state index in [2.05, 4.69) is 26.6 Å². The molecule has 0 aromatic heterocycles. The summed E-state index contributed by atoms with van der Waals surface area (Å²) in [5.74, 6) is -0.168. The van der Waals surface area contributed by atoms with E-state index in [1.165, 1.54) is 21.1 Å². The molecule has 5 aromatic carbocycles. The van der Waals surface area contributed by atoms with Crippen LogP contribution in [-0.4, -0.2) is 102 Å². The summed E-state index contributed by atoms with van der Waals surface area (Å²) in [4.78, 5) is 83.0. The lowest BCUT2D eigenvalue weighted by molar-refractivity contribution is -0.130. The number of nitrogens with zero attached hydrogens (tertiary/aromatic N) is 2. The van der Waals surface area contributed by atoms with Crippen molar-refractivity contribution in [2.24, 2.45) is 5.73 Å². The predicted octanol–water partition coefficient (Wildman–Crippen LogP) is 7.33. The van der Waals surface area contributed by atoms with Crippen molar-refractivity contribution < 1.29 is 52.8 Å². The second-order valence-corrected chi connectivity index (χ2v) is 23.8. The molecule has 1 unspecified atom stereocenters. The Morgan fingerprint density at radius 3 is 1.97 bits per heavy atom. The number of carbonyl (C=O) groups excluding carboxylic acids is 6. The molecule has 4 aliphatic heterocycles. The normalized spacial score (nSPS) is 17.6. The number of anilines is 5. The smallest absolute Gasteiger partial charge is 0.260 e. The molecule has 9 rings (SSSR count). The summed E-state index contributed by atoms with van der Waals surface area (Å²) in [6.45, 7) is 7.58. The van der Waals surface area contributed by atoms with Crippen LogP contribution in [0.1, 0.15) is 96.3 Å². The van der Waals surface area contributed by atoms with Gasteiger partial charge < -0.3 is 66.2 Å². The summed E-state index contributed by atoms with van der Waals surface area (Å²) in [6, 6.07) is 24.8. The Labute approximate surface area is 466 Å². The molecule has 6 amide bonds. The monoisotopic (exact) mass is 1110 g/mol. The predicted molar refractivity (Wildman–Crippen MR) is 306 cm³/mol. The number of ether oxygens (including phenoxy) is 4. The third-order valence-corrected chi connectivity index (χ3v) is 17.7. The largest absolute Gasteiger partial charge is 0.493 e. The van der Waals surface area contributed by atoms with Crippen molar-refractivity contribution in [1.29, 1.82) is 0 Å². The zero-order chi connectivity index (χ0) is 56.1. The van der Waals surface area contributed by atoms with Gasteiger partial charge in [0.05, 0.1) is 48.8 Å². The first kappa shape index (κ1) is 56.1. The van der Waals surface area contributed by atoms with Gasteiger partial charge in [-0.1, -0.05) is 58.0 Å². The number of para-hydroxylation sites is 2. The van der Waals surface area contributed by atoms with E-state index in [0.29, 0.717) is 83.0 Å². The van der Waals surface area contributed by atoms with Gasteiger partial charge in [0.2, 0.25) is 23.6 Å². The van der Waals surface area contributed by atoms with E-state index in [4.69, 9.17) is 24.7 Å². The number of primary amides is 1. The minimum absolute atomic E-state index is 0.0238. The molecule has 0 saturated heterocycles. The van der Waals surface area contributed by atoms with Gasteiger partial charge in [0.1, 0.15) is 31.5 Å². The van der Waals surface area contributed by atoms with Crippen molar-refractivity contribution in [2.75, 3.05) is 52.3 Å². The lowest BCUT2D eigenvalue weighted by Crippen LogP contribution is -2.50. The van der Waals surface area contributed by atoms with Crippen molar-refractivity contribution in [3.8, 4) is 23.0 Å². The number of aliphatic hydroxyl groups is 1.